The predicted molar refractivity (Wildman–Crippen MR) is 77.5 cm³/mol. The molecule has 0 spiro atoms. The second-order valence-corrected chi connectivity index (χ2v) is 6.68. The van der Waals surface area contributed by atoms with Gasteiger partial charge in [-0.05, 0) is 17.5 Å². The molecule has 2 rings (SSSR count). The van der Waals surface area contributed by atoms with Gasteiger partial charge in [0.05, 0.1) is 5.69 Å². The summed E-state index contributed by atoms with van der Waals surface area (Å²) in [5.74, 6) is -0.542. The Hall–Kier alpha value is -1.82. The molecular formula is C14H18N2O3S. The van der Waals surface area contributed by atoms with Crippen LogP contribution in [0.25, 0.3) is 0 Å². The maximum atomic E-state index is 11.3. The SMILES string of the molecule is Cn1ccc(COc2cc(C(C)(C)C)sc2C(=O)O)n1. The van der Waals surface area contributed by atoms with Crippen LogP contribution in [-0.2, 0) is 19.1 Å². The van der Waals surface area contributed by atoms with Crippen LogP contribution in [0.4, 0.5) is 0 Å². The summed E-state index contributed by atoms with van der Waals surface area (Å²) in [7, 11) is 1.83. The molecule has 0 amide bonds. The molecule has 108 valence electrons. The Morgan fingerprint density at radius 3 is 2.70 bits per heavy atom. The number of ether oxygens (including phenoxy) is 1. The molecule has 0 saturated heterocycles. The maximum absolute atomic E-state index is 11.3. The van der Waals surface area contributed by atoms with Gasteiger partial charge in [0.15, 0.2) is 4.88 Å². The molecule has 0 unspecified atom stereocenters. The van der Waals surface area contributed by atoms with Crippen molar-refractivity contribution in [2.45, 2.75) is 32.8 Å². The van der Waals surface area contributed by atoms with Gasteiger partial charge in [-0.25, -0.2) is 4.79 Å². The zero-order chi connectivity index (χ0) is 14.9. The number of aromatic carboxylic acids is 1. The van der Waals surface area contributed by atoms with E-state index in [-0.39, 0.29) is 16.9 Å². The number of rotatable bonds is 4. The van der Waals surface area contributed by atoms with Crippen LogP contribution in [0.3, 0.4) is 0 Å². The number of carbonyl (C=O) groups is 1. The topological polar surface area (TPSA) is 64.3 Å². The number of aromatic nitrogens is 2. The molecule has 0 aliphatic heterocycles. The lowest BCUT2D eigenvalue weighted by Crippen LogP contribution is -2.08. The number of thiophene rings is 1. The molecule has 0 aromatic carbocycles. The van der Waals surface area contributed by atoms with Gasteiger partial charge in [-0.15, -0.1) is 11.3 Å². The third kappa shape index (κ3) is 3.19. The van der Waals surface area contributed by atoms with Crippen LogP contribution in [-0.4, -0.2) is 20.9 Å². The molecule has 20 heavy (non-hydrogen) atoms. The fourth-order valence-corrected chi connectivity index (χ4v) is 2.69. The van der Waals surface area contributed by atoms with Gasteiger partial charge in [-0.2, -0.15) is 5.10 Å². The van der Waals surface area contributed by atoms with Gasteiger partial charge in [0.25, 0.3) is 0 Å². The molecule has 5 nitrogen and oxygen atoms in total. The first-order valence-corrected chi connectivity index (χ1v) is 7.08. The van der Waals surface area contributed by atoms with E-state index in [0.717, 1.165) is 10.6 Å². The third-order valence-corrected chi connectivity index (χ3v) is 4.31. The molecule has 0 atom stereocenters. The average Bonchev–Trinajstić information content (AvgIpc) is 2.91. The molecular weight excluding hydrogens is 276 g/mol. The summed E-state index contributed by atoms with van der Waals surface area (Å²) in [6.07, 6.45) is 1.82. The molecule has 0 aliphatic rings. The van der Waals surface area contributed by atoms with E-state index in [1.807, 2.05) is 46.1 Å². The Kier molecular flexibility index (Phi) is 3.85. The highest BCUT2D eigenvalue weighted by molar-refractivity contribution is 7.14. The summed E-state index contributed by atoms with van der Waals surface area (Å²) in [5, 5.41) is 13.5. The lowest BCUT2D eigenvalue weighted by atomic mass is 9.95. The minimum absolute atomic E-state index is 0.0958. The first kappa shape index (κ1) is 14.6. The number of aryl methyl sites for hydroxylation is 1. The molecule has 0 fully saturated rings. The van der Waals surface area contributed by atoms with Crippen molar-refractivity contribution in [3.63, 3.8) is 0 Å². The molecule has 2 aromatic rings. The Morgan fingerprint density at radius 2 is 2.20 bits per heavy atom. The number of carboxylic acid groups (broad SMARTS) is 1. The fourth-order valence-electron chi connectivity index (χ4n) is 1.69. The van der Waals surface area contributed by atoms with Gasteiger partial charge in [0.2, 0.25) is 0 Å². The van der Waals surface area contributed by atoms with E-state index < -0.39 is 5.97 Å². The Labute approximate surface area is 121 Å². The smallest absolute Gasteiger partial charge is 0.349 e. The monoisotopic (exact) mass is 294 g/mol. The average molecular weight is 294 g/mol. The summed E-state index contributed by atoms with van der Waals surface area (Å²) >= 11 is 1.26. The van der Waals surface area contributed by atoms with E-state index in [1.165, 1.54) is 11.3 Å². The number of hydrogen-bond acceptors (Lipinski definition) is 4. The summed E-state index contributed by atoms with van der Waals surface area (Å²) < 4.78 is 7.31. The quantitative estimate of drug-likeness (QED) is 0.941. The second kappa shape index (κ2) is 5.28. The van der Waals surface area contributed by atoms with Crippen LogP contribution in [0.1, 0.15) is 41.0 Å². The van der Waals surface area contributed by atoms with Gasteiger partial charge >= 0.3 is 5.97 Å². The number of hydrogen-bond donors (Lipinski definition) is 1. The Balaban J connectivity index is 2.21. The van der Waals surface area contributed by atoms with Gasteiger partial charge < -0.3 is 9.84 Å². The lowest BCUT2D eigenvalue weighted by molar-refractivity contribution is 0.0697. The highest BCUT2D eigenvalue weighted by Crippen LogP contribution is 2.37. The second-order valence-electron chi connectivity index (χ2n) is 5.63. The van der Waals surface area contributed by atoms with E-state index in [9.17, 15) is 9.90 Å². The number of carboxylic acids is 1. The highest BCUT2D eigenvalue weighted by Gasteiger charge is 2.23. The third-order valence-electron chi connectivity index (χ3n) is 2.78. The zero-order valence-corrected chi connectivity index (χ0v) is 12.8. The van der Waals surface area contributed by atoms with Gasteiger partial charge in [0.1, 0.15) is 12.4 Å². The van der Waals surface area contributed by atoms with Crippen molar-refractivity contribution in [1.29, 1.82) is 0 Å². The van der Waals surface area contributed by atoms with Crippen LogP contribution in [0, 0.1) is 0 Å². The highest BCUT2D eigenvalue weighted by atomic mass is 32.1. The van der Waals surface area contributed by atoms with E-state index in [4.69, 9.17) is 4.74 Å². The molecule has 2 aromatic heterocycles. The molecule has 6 heteroatoms. The minimum Gasteiger partial charge on any atom is -0.485 e. The van der Waals surface area contributed by atoms with Gasteiger partial charge in [-0.3, -0.25) is 4.68 Å². The molecule has 0 bridgehead atoms. The fraction of sp³-hybridized carbons (Fsp3) is 0.429. The summed E-state index contributed by atoms with van der Waals surface area (Å²) in [4.78, 5) is 12.5. The predicted octanol–water partition coefficient (Wildman–Crippen LogP) is 3.06. The normalized spacial score (nSPS) is 11.6. The van der Waals surface area contributed by atoms with Crippen molar-refractivity contribution in [2.75, 3.05) is 0 Å². The van der Waals surface area contributed by atoms with Crippen molar-refractivity contribution in [3.8, 4) is 5.75 Å². The Morgan fingerprint density at radius 1 is 1.50 bits per heavy atom. The van der Waals surface area contributed by atoms with Crippen molar-refractivity contribution in [1.82, 2.24) is 9.78 Å². The summed E-state index contributed by atoms with van der Waals surface area (Å²) in [6.45, 7) is 6.41. The van der Waals surface area contributed by atoms with Crippen molar-refractivity contribution < 1.29 is 14.6 Å². The van der Waals surface area contributed by atoms with Crippen LogP contribution in [0.5, 0.6) is 5.75 Å². The molecule has 0 saturated carbocycles. The maximum Gasteiger partial charge on any atom is 0.349 e. The summed E-state index contributed by atoms with van der Waals surface area (Å²) in [6, 6.07) is 3.66. The van der Waals surface area contributed by atoms with Crippen molar-refractivity contribution >= 4 is 17.3 Å². The standard InChI is InChI=1S/C14H18N2O3S/c1-14(2,3)11-7-10(12(20-11)13(17)18)19-8-9-5-6-16(4)15-9/h5-7H,8H2,1-4H3,(H,17,18). The Bertz CT molecular complexity index is 623. The van der Waals surface area contributed by atoms with E-state index in [1.54, 1.807) is 4.68 Å². The molecule has 2 heterocycles. The number of nitrogens with zero attached hydrogens (tertiary/aromatic N) is 2. The first-order chi connectivity index (χ1) is 9.27. The minimum atomic E-state index is -0.957. The van der Waals surface area contributed by atoms with Crippen molar-refractivity contribution in [2.24, 2.45) is 7.05 Å². The van der Waals surface area contributed by atoms with E-state index in [2.05, 4.69) is 5.10 Å². The molecule has 0 aliphatic carbocycles. The van der Waals surface area contributed by atoms with Crippen molar-refractivity contribution in [3.05, 3.63) is 33.8 Å². The van der Waals surface area contributed by atoms with Crippen LogP contribution in [0.2, 0.25) is 0 Å². The van der Waals surface area contributed by atoms with E-state index >= 15 is 0 Å². The first-order valence-electron chi connectivity index (χ1n) is 6.26. The zero-order valence-electron chi connectivity index (χ0n) is 12.0. The lowest BCUT2D eigenvalue weighted by Gasteiger charge is -2.14. The van der Waals surface area contributed by atoms with Crippen LogP contribution >= 0.6 is 11.3 Å². The van der Waals surface area contributed by atoms with E-state index in [0.29, 0.717) is 5.75 Å². The largest absolute Gasteiger partial charge is 0.485 e. The molecule has 1 N–H and O–H groups in total. The molecule has 0 radical (unpaired) electrons. The summed E-state index contributed by atoms with van der Waals surface area (Å²) in [5.41, 5.74) is 0.675. The van der Waals surface area contributed by atoms with Gasteiger partial charge in [0, 0.05) is 18.1 Å². The van der Waals surface area contributed by atoms with Gasteiger partial charge in [-0.1, -0.05) is 20.8 Å². The van der Waals surface area contributed by atoms with Crippen LogP contribution < -0.4 is 4.74 Å². The van der Waals surface area contributed by atoms with Crippen LogP contribution in [0.15, 0.2) is 18.3 Å².